The molecule has 7 nitrogen and oxygen atoms in total. The van der Waals surface area contributed by atoms with Gasteiger partial charge in [-0.1, -0.05) is 12.1 Å². The van der Waals surface area contributed by atoms with Gasteiger partial charge in [0, 0.05) is 13.1 Å². The van der Waals surface area contributed by atoms with Crippen molar-refractivity contribution in [2.24, 2.45) is 7.05 Å². The molecule has 0 bridgehead atoms. The summed E-state index contributed by atoms with van der Waals surface area (Å²) in [4.78, 5) is 35.3. The van der Waals surface area contributed by atoms with Crippen LogP contribution >= 0.6 is 0 Å². The smallest absolute Gasteiger partial charge is 0.340 e. The summed E-state index contributed by atoms with van der Waals surface area (Å²) in [5.41, 5.74) is 0.327. The van der Waals surface area contributed by atoms with E-state index in [9.17, 15) is 14.4 Å². The van der Waals surface area contributed by atoms with E-state index in [1.807, 2.05) is 0 Å². The van der Waals surface area contributed by atoms with E-state index in [2.05, 4.69) is 10.4 Å². The van der Waals surface area contributed by atoms with Crippen LogP contribution in [0.25, 0.3) is 0 Å². The highest BCUT2D eigenvalue weighted by atomic mass is 16.5. The van der Waals surface area contributed by atoms with Gasteiger partial charge in [0.1, 0.15) is 5.69 Å². The van der Waals surface area contributed by atoms with E-state index >= 15 is 0 Å². The van der Waals surface area contributed by atoms with Crippen molar-refractivity contribution in [2.45, 2.75) is 6.92 Å². The fourth-order valence-corrected chi connectivity index (χ4v) is 1.79. The molecule has 0 atom stereocenters. The summed E-state index contributed by atoms with van der Waals surface area (Å²) in [6, 6.07) is 9.08. The molecule has 0 aliphatic heterocycles. The Morgan fingerprint density at radius 3 is 2.64 bits per heavy atom. The number of rotatable bonds is 4. The molecule has 1 aromatic carbocycles. The zero-order chi connectivity index (χ0) is 16.1. The molecule has 2 aromatic rings. The fourth-order valence-electron chi connectivity index (χ4n) is 1.79. The molecule has 0 saturated heterocycles. The summed E-state index contributed by atoms with van der Waals surface area (Å²) >= 11 is 0. The van der Waals surface area contributed by atoms with E-state index in [1.54, 1.807) is 31.2 Å². The Kier molecular flexibility index (Phi) is 4.67. The molecule has 0 aliphatic rings. The molecular weight excluding hydrogens is 286 g/mol. The molecule has 2 rings (SSSR count). The average molecular weight is 301 g/mol. The second-order valence-corrected chi connectivity index (χ2v) is 4.40. The first kappa shape index (κ1) is 15.4. The first-order chi connectivity index (χ1) is 10.5. The van der Waals surface area contributed by atoms with Crippen molar-refractivity contribution in [3.05, 3.63) is 58.0 Å². The van der Waals surface area contributed by atoms with Crippen molar-refractivity contribution < 1.29 is 14.3 Å². The summed E-state index contributed by atoms with van der Waals surface area (Å²) in [6.45, 7) is 1.94. The number of hydrogen-bond donors (Lipinski definition) is 1. The third kappa shape index (κ3) is 3.38. The first-order valence-electron chi connectivity index (χ1n) is 6.64. The first-order valence-corrected chi connectivity index (χ1v) is 6.64. The third-order valence-corrected chi connectivity index (χ3v) is 2.86. The number of para-hydroxylation sites is 1. The van der Waals surface area contributed by atoms with Crippen molar-refractivity contribution in [3.8, 4) is 0 Å². The SMILES string of the molecule is CCOC(=O)c1ccccc1NC(=O)c1ccc(=O)n(C)n1. The number of amides is 1. The van der Waals surface area contributed by atoms with Crippen LogP contribution in [0.2, 0.25) is 0 Å². The van der Waals surface area contributed by atoms with Gasteiger partial charge in [0.25, 0.3) is 11.5 Å². The maximum Gasteiger partial charge on any atom is 0.340 e. The molecule has 0 aliphatic carbocycles. The number of anilines is 1. The van der Waals surface area contributed by atoms with Crippen LogP contribution in [0, 0.1) is 0 Å². The highest BCUT2D eigenvalue weighted by Crippen LogP contribution is 2.17. The summed E-state index contributed by atoms with van der Waals surface area (Å²) in [5, 5.41) is 6.45. The Labute approximate surface area is 126 Å². The minimum atomic E-state index is -0.521. The number of nitrogens with zero attached hydrogens (tertiary/aromatic N) is 2. The van der Waals surface area contributed by atoms with Gasteiger partial charge in [-0.2, -0.15) is 5.10 Å². The molecule has 0 saturated carbocycles. The van der Waals surface area contributed by atoms with Crippen molar-refractivity contribution in [2.75, 3.05) is 11.9 Å². The van der Waals surface area contributed by atoms with E-state index < -0.39 is 11.9 Å². The molecule has 1 amide bonds. The molecule has 1 N–H and O–H groups in total. The van der Waals surface area contributed by atoms with Gasteiger partial charge < -0.3 is 10.1 Å². The molecule has 0 radical (unpaired) electrons. The van der Waals surface area contributed by atoms with E-state index in [1.165, 1.54) is 19.2 Å². The van der Waals surface area contributed by atoms with Crippen molar-refractivity contribution in [1.82, 2.24) is 9.78 Å². The lowest BCUT2D eigenvalue weighted by Gasteiger charge is -2.10. The predicted molar refractivity (Wildman–Crippen MR) is 79.8 cm³/mol. The highest BCUT2D eigenvalue weighted by Gasteiger charge is 2.15. The Bertz CT molecular complexity index is 767. The normalized spacial score (nSPS) is 10.1. The van der Waals surface area contributed by atoms with Gasteiger partial charge in [0.05, 0.1) is 17.9 Å². The highest BCUT2D eigenvalue weighted by molar-refractivity contribution is 6.06. The number of ether oxygens (including phenoxy) is 1. The second-order valence-electron chi connectivity index (χ2n) is 4.40. The lowest BCUT2D eigenvalue weighted by molar-refractivity contribution is 0.0527. The van der Waals surface area contributed by atoms with Crippen molar-refractivity contribution in [1.29, 1.82) is 0 Å². The monoisotopic (exact) mass is 301 g/mol. The number of carbonyl (C=O) groups excluding carboxylic acids is 2. The number of benzene rings is 1. The quantitative estimate of drug-likeness (QED) is 0.857. The molecule has 1 heterocycles. The minimum absolute atomic E-state index is 0.0701. The van der Waals surface area contributed by atoms with Crippen LogP contribution < -0.4 is 10.9 Å². The maximum absolute atomic E-state index is 12.2. The summed E-state index contributed by atoms with van der Waals surface area (Å²) in [7, 11) is 1.45. The summed E-state index contributed by atoms with van der Waals surface area (Å²) in [5.74, 6) is -1.04. The average Bonchev–Trinajstić information content (AvgIpc) is 2.50. The minimum Gasteiger partial charge on any atom is -0.462 e. The Hall–Kier alpha value is -2.96. The van der Waals surface area contributed by atoms with Gasteiger partial charge in [0.15, 0.2) is 0 Å². The van der Waals surface area contributed by atoms with Gasteiger partial charge in [0.2, 0.25) is 0 Å². The van der Waals surface area contributed by atoms with E-state index in [0.29, 0.717) is 5.69 Å². The lowest BCUT2D eigenvalue weighted by Crippen LogP contribution is -2.24. The Morgan fingerprint density at radius 2 is 1.95 bits per heavy atom. The molecule has 7 heteroatoms. The molecule has 22 heavy (non-hydrogen) atoms. The van der Waals surface area contributed by atoms with Crippen molar-refractivity contribution >= 4 is 17.6 Å². The molecule has 0 unspecified atom stereocenters. The second kappa shape index (κ2) is 6.66. The van der Waals surface area contributed by atoms with E-state index in [0.717, 1.165) is 4.68 Å². The van der Waals surface area contributed by atoms with Gasteiger partial charge in [-0.15, -0.1) is 0 Å². The molecule has 0 spiro atoms. The van der Waals surface area contributed by atoms with Crippen LogP contribution in [0.4, 0.5) is 5.69 Å². The molecule has 114 valence electrons. The number of hydrogen-bond acceptors (Lipinski definition) is 5. The van der Waals surface area contributed by atoms with Crippen LogP contribution in [0.3, 0.4) is 0 Å². The number of aryl methyl sites for hydroxylation is 1. The van der Waals surface area contributed by atoms with Crippen LogP contribution in [0.5, 0.6) is 0 Å². The van der Waals surface area contributed by atoms with Crippen LogP contribution in [-0.2, 0) is 11.8 Å². The number of nitrogens with one attached hydrogen (secondary N) is 1. The summed E-state index contributed by atoms with van der Waals surface area (Å²) in [6.07, 6.45) is 0. The fraction of sp³-hybridized carbons (Fsp3) is 0.200. The largest absolute Gasteiger partial charge is 0.462 e. The van der Waals surface area contributed by atoms with Crippen LogP contribution in [-0.4, -0.2) is 28.3 Å². The molecule has 1 aromatic heterocycles. The third-order valence-electron chi connectivity index (χ3n) is 2.86. The van der Waals surface area contributed by atoms with Crippen molar-refractivity contribution in [3.63, 3.8) is 0 Å². The lowest BCUT2D eigenvalue weighted by atomic mass is 10.1. The van der Waals surface area contributed by atoms with E-state index in [-0.39, 0.29) is 23.4 Å². The zero-order valence-electron chi connectivity index (χ0n) is 12.2. The number of carbonyl (C=O) groups is 2. The van der Waals surface area contributed by atoms with Gasteiger partial charge in [-0.05, 0) is 25.1 Å². The van der Waals surface area contributed by atoms with Gasteiger partial charge in [-0.25, -0.2) is 9.48 Å². The number of aromatic nitrogens is 2. The van der Waals surface area contributed by atoms with E-state index in [4.69, 9.17) is 4.74 Å². The molecular formula is C15H15N3O4. The topological polar surface area (TPSA) is 90.3 Å². The molecule has 0 fully saturated rings. The predicted octanol–water partition coefficient (Wildman–Crippen LogP) is 1.21. The maximum atomic E-state index is 12.2. The standard InChI is InChI=1S/C15H15N3O4/c1-3-22-15(21)10-6-4-5-7-11(10)16-14(20)12-8-9-13(19)18(2)17-12/h4-9H,3H2,1-2H3,(H,16,20). The summed E-state index contributed by atoms with van der Waals surface area (Å²) < 4.78 is 6.00. The van der Waals surface area contributed by atoms with Crippen LogP contribution in [0.15, 0.2) is 41.2 Å². The van der Waals surface area contributed by atoms with Gasteiger partial charge >= 0.3 is 5.97 Å². The Morgan fingerprint density at radius 1 is 1.23 bits per heavy atom. The Balaban J connectivity index is 2.26. The zero-order valence-corrected chi connectivity index (χ0v) is 12.2. The van der Waals surface area contributed by atoms with Crippen LogP contribution in [0.1, 0.15) is 27.8 Å². The number of esters is 1. The van der Waals surface area contributed by atoms with Gasteiger partial charge in [-0.3, -0.25) is 9.59 Å².